The van der Waals surface area contributed by atoms with Crippen LogP contribution >= 0.6 is 24.0 Å². The molecule has 1 aliphatic heterocycles. The number of nitro benzene ring substituents is 1. The minimum absolute atomic E-state index is 0.0660. The molecule has 1 aliphatic rings. The van der Waals surface area contributed by atoms with Crippen LogP contribution in [-0.4, -0.2) is 39.2 Å². The molecule has 7 nitrogen and oxygen atoms in total. The number of carbonyl (C=O) groups excluding carboxylic acids is 2. The fourth-order valence-corrected chi connectivity index (χ4v) is 3.28. The van der Waals surface area contributed by atoms with Crippen molar-refractivity contribution in [1.29, 1.82) is 0 Å². The summed E-state index contributed by atoms with van der Waals surface area (Å²) in [5, 5.41) is 10.8. The van der Waals surface area contributed by atoms with Gasteiger partial charge in [-0.15, -0.1) is 0 Å². The molecule has 0 unspecified atom stereocenters. The first-order valence-electron chi connectivity index (χ1n) is 7.57. The van der Waals surface area contributed by atoms with E-state index < -0.39 is 16.8 Å². The molecule has 25 heavy (non-hydrogen) atoms. The van der Waals surface area contributed by atoms with Crippen LogP contribution in [0.3, 0.4) is 0 Å². The molecule has 132 valence electrons. The van der Waals surface area contributed by atoms with E-state index in [-0.39, 0.29) is 16.6 Å². The zero-order chi connectivity index (χ0) is 18.4. The van der Waals surface area contributed by atoms with E-state index in [1.54, 1.807) is 6.07 Å². The average Bonchev–Trinajstić information content (AvgIpc) is 2.83. The SMILES string of the molecule is CCCCOC(=O)CN1C(=O)/C(=C/c2cccc([N+](=O)[O-])c2)SC1=S. The van der Waals surface area contributed by atoms with Gasteiger partial charge in [0.05, 0.1) is 16.4 Å². The Kier molecular flexibility index (Phi) is 6.65. The van der Waals surface area contributed by atoms with Crippen LogP contribution in [0.4, 0.5) is 5.69 Å². The second-order valence-corrected chi connectivity index (χ2v) is 6.87. The number of non-ortho nitro benzene ring substituents is 1. The molecule has 9 heteroatoms. The number of nitro groups is 1. The molecule has 1 fully saturated rings. The Hall–Kier alpha value is -2.26. The van der Waals surface area contributed by atoms with E-state index >= 15 is 0 Å². The summed E-state index contributed by atoms with van der Waals surface area (Å²) in [6, 6.07) is 5.93. The molecular weight excluding hydrogens is 364 g/mol. The highest BCUT2D eigenvalue weighted by molar-refractivity contribution is 8.26. The summed E-state index contributed by atoms with van der Waals surface area (Å²) >= 11 is 6.20. The molecule has 1 heterocycles. The number of benzene rings is 1. The van der Waals surface area contributed by atoms with Gasteiger partial charge in [-0.05, 0) is 18.1 Å². The average molecular weight is 380 g/mol. The number of unbranched alkanes of at least 4 members (excludes halogenated alkanes) is 1. The molecule has 0 spiro atoms. The third-order valence-corrected chi connectivity index (χ3v) is 4.68. The Morgan fingerprint density at radius 2 is 2.24 bits per heavy atom. The van der Waals surface area contributed by atoms with Crippen LogP contribution < -0.4 is 0 Å². The van der Waals surface area contributed by atoms with E-state index in [0.717, 1.165) is 24.6 Å². The number of rotatable bonds is 7. The van der Waals surface area contributed by atoms with Crippen molar-refractivity contribution in [2.45, 2.75) is 19.8 Å². The number of ether oxygens (including phenoxy) is 1. The van der Waals surface area contributed by atoms with Gasteiger partial charge in [0.25, 0.3) is 11.6 Å². The summed E-state index contributed by atoms with van der Waals surface area (Å²) in [7, 11) is 0. The molecule has 0 radical (unpaired) electrons. The fraction of sp³-hybridized carbons (Fsp3) is 0.312. The highest BCUT2D eigenvalue weighted by Crippen LogP contribution is 2.32. The first kappa shape index (κ1) is 19.1. The van der Waals surface area contributed by atoms with Gasteiger partial charge in [-0.25, -0.2) is 0 Å². The van der Waals surface area contributed by atoms with E-state index in [1.807, 2.05) is 6.92 Å². The summed E-state index contributed by atoms with van der Waals surface area (Å²) in [6.45, 7) is 2.06. The molecule has 0 saturated carbocycles. The fourth-order valence-electron chi connectivity index (χ4n) is 2.02. The van der Waals surface area contributed by atoms with Gasteiger partial charge in [-0.1, -0.05) is 49.5 Å². The lowest BCUT2D eigenvalue weighted by Crippen LogP contribution is -2.34. The highest BCUT2D eigenvalue weighted by Gasteiger charge is 2.33. The number of esters is 1. The van der Waals surface area contributed by atoms with E-state index in [4.69, 9.17) is 17.0 Å². The predicted molar refractivity (Wildman–Crippen MR) is 98.8 cm³/mol. The second-order valence-electron chi connectivity index (χ2n) is 5.19. The quantitative estimate of drug-likeness (QED) is 0.179. The molecule has 1 aromatic rings. The van der Waals surface area contributed by atoms with Crippen LogP contribution in [0, 0.1) is 10.1 Å². The molecule has 0 bridgehead atoms. The number of thioether (sulfide) groups is 1. The standard InChI is InChI=1S/C16H16N2O5S2/c1-2-3-7-23-14(19)10-17-15(20)13(25-16(17)24)9-11-5-4-6-12(8-11)18(21)22/h4-6,8-9H,2-3,7,10H2,1H3/b13-9-. The number of nitrogens with zero attached hydrogens (tertiary/aromatic N) is 2. The summed E-state index contributed by atoms with van der Waals surface area (Å²) in [5.41, 5.74) is 0.448. The number of thiocarbonyl (C=S) groups is 1. The zero-order valence-electron chi connectivity index (χ0n) is 13.5. The van der Waals surface area contributed by atoms with Crippen LogP contribution in [0.1, 0.15) is 25.3 Å². The largest absolute Gasteiger partial charge is 0.464 e. The lowest BCUT2D eigenvalue weighted by atomic mass is 10.2. The molecule has 1 aromatic carbocycles. The molecule has 0 N–H and O–H groups in total. The van der Waals surface area contributed by atoms with Crippen molar-refractivity contribution in [2.24, 2.45) is 0 Å². The van der Waals surface area contributed by atoms with Crippen LogP contribution in [0.2, 0.25) is 0 Å². The Balaban J connectivity index is 2.08. The predicted octanol–water partition coefficient (Wildman–Crippen LogP) is 3.14. The molecule has 1 amide bonds. The molecule has 2 rings (SSSR count). The van der Waals surface area contributed by atoms with Gasteiger partial charge in [0, 0.05) is 12.1 Å². The molecule has 0 aliphatic carbocycles. The topological polar surface area (TPSA) is 89.8 Å². The van der Waals surface area contributed by atoms with Gasteiger partial charge >= 0.3 is 5.97 Å². The van der Waals surface area contributed by atoms with Gasteiger partial charge in [-0.2, -0.15) is 0 Å². The highest BCUT2D eigenvalue weighted by atomic mass is 32.2. The first-order chi connectivity index (χ1) is 11.9. The van der Waals surface area contributed by atoms with Gasteiger partial charge in [0.1, 0.15) is 10.9 Å². The monoisotopic (exact) mass is 380 g/mol. The summed E-state index contributed by atoms with van der Waals surface area (Å²) in [4.78, 5) is 36.0. The number of hydrogen-bond donors (Lipinski definition) is 0. The van der Waals surface area contributed by atoms with Crippen LogP contribution in [0.25, 0.3) is 6.08 Å². The molecule has 0 atom stereocenters. The van der Waals surface area contributed by atoms with Crippen molar-refractivity contribution in [3.05, 3.63) is 44.8 Å². The maximum atomic E-state index is 12.4. The molecular formula is C16H16N2O5S2. The minimum Gasteiger partial charge on any atom is -0.464 e. The number of carbonyl (C=O) groups is 2. The third-order valence-electron chi connectivity index (χ3n) is 3.30. The normalized spacial score (nSPS) is 15.7. The van der Waals surface area contributed by atoms with E-state index in [1.165, 1.54) is 29.2 Å². The van der Waals surface area contributed by atoms with Crippen molar-refractivity contribution in [3.8, 4) is 0 Å². The van der Waals surface area contributed by atoms with Crippen LogP contribution in [-0.2, 0) is 14.3 Å². The summed E-state index contributed by atoms with van der Waals surface area (Å²) in [6.07, 6.45) is 3.19. The van der Waals surface area contributed by atoms with Crippen molar-refractivity contribution < 1.29 is 19.2 Å². The van der Waals surface area contributed by atoms with Gasteiger partial charge in [0.2, 0.25) is 0 Å². The van der Waals surface area contributed by atoms with Gasteiger partial charge < -0.3 is 4.74 Å². The lowest BCUT2D eigenvalue weighted by molar-refractivity contribution is -0.384. The summed E-state index contributed by atoms with van der Waals surface area (Å²) in [5.74, 6) is -0.921. The maximum absolute atomic E-state index is 12.4. The third kappa shape index (κ3) is 5.10. The Morgan fingerprint density at radius 3 is 2.92 bits per heavy atom. The van der Waals surface area contributed by atoms with Crippen molar-refractivity contribution >= 4 is 51.9 Å². The Labute approximate surface area is 154 Å². The van der Waals surface area contributed by atoms with Crippen molar-refractivity contribution in [1.82, 2.24) is 4.90 Å². The number of hydrogen-bond acceptors (Lipinski definition) is 7. The lowest BCUT2D eigenvalue weighted by Gasteiger charge is -2.13. The smallest absolute Gasteiger partial charge is 0.326 e. The maximum Gasteiger partial charge on any atom is 0.326 e. The molecule has 1 saturated heterocycles. The van der Waals surface area contributed by atoms with E-state index in [9.17, 15) is 19.7 Å². The van der Waals surface area contributed by atoms with E-state index in [0.29, 0.717) is 17.1 Å². The minimum atomic E-state index is -0.513. The zero-order valence-corrected chi connectivity index (χ0v) is 15.1. The van der Waals surface area contributed by atoms with Crippen LogP contribution in [0.5, 0.6) is 0 Å². The van der Waals surface area contributed by atoms with E-state index in [2.05, 4.69) is 0 Å². The van der Waals surface area contributed by atoms with Crippen molar-refractivity contribution in [3.63, 3.8) is 0 Å². The second kappa shape index (κ2) is 8.72. The Morgan fingerprint density at radius 1 is 1.48 bits per heavy atom. The summed E-state index contributed by atoms with van der Waals surface area (Å²) < 4.78 is 5.30. The van der Waals surface area contributed by atoms with Crippen LogP contribution in [0.15, 0.2) is 29.2 Å². The molecule has 0 aromatic heterocycles. The van der Waals surface area contributed by atoms with Crippen molar-refractivity contribution in [2.75, 3.05) is 13.2 Å². The van der Waals surface area contributed by atoms with Gasteiger partial charge in [0.15, 0.2) is 0 Å². The number of amides is 1. The first-order valence-corrected chi connectivity index (χ1v) is 8.80. The van der Waals surface area contributed by atoms with Gasteiger partial charge in [-0.3, -0.25) is 24.6 Å². The Bertz CT molecular complexity index is 748.